The molecule has 0 aliphatic rings. The fraction of sp³-hybridized carbons (Fsp3) is 0.154. The van der Waals surface area contributed by atoms with Gasteiger partial charge in [0, 0.05) is 18.8 Å². The van der Waals surface area contributed by atoms with Crippen LogP contribution < -0.4 is 10.1 Å². The number of aromatic hydroxyl groups is 1. The summed E-state index contributed by atoms with van der Waals surface area (Å²) < 4.78 is 6.33. The monoisotopic (exact) mass is 272 g/mol. The van der Waals surface area contributed by atoms with Gasteiger partial charge >= 0.3 is 0 Å². The Labute approximate surface area is 115 Å². The van der Waals surface area contributed by atoms with E-state index in [1.807, 2.05) is 6.07 Å². The Hall–Kier alpha value is -3.01. The Bertz CT molecular complexity index is 700. The average Bonchev–Trinajstić information content (AvgIpc) is 2.78. The molecule has 0 saturated heterocycles. The number of carbonyl (C=O) groups is 1. The number of aromatic nitrogens is 2. The number of benzene rings is 1. The number of aryl methyl sites for hydroxylation is 1. The number of ether oxygens (including phenoxy) is 1. The fourth-order valence-corrected chi connectivity index (χ4v) is 1.67. The second-order valence-electron chi connectivity index (χ2n) is 4.02. The van der Waals surface area contributed by atoms with E-state index in [1.165, 1.54) is 36.2 Å². The summed E-state index contributed by atoms with van der Waals surface area (Å²) in [5, 5.41) is 25.0. The lowest BCUT2D eigenvalue weighted by atomic mass is 10.2. The highest BCUT2D eigenvalue weighted by Crippen LogP contribution is 2.26. The molecule has 1 aromatic heterocycles. The molecule has 7 nitrogen and oxygen atoms in total. The highest BCUT2D eigenvalue weighted by atomic mass is 16.5. The molecule has 1 heterocycles. The van der Waals surface area contributed by atoms with Crippen molar-refractivity contribution < 1.29 is 14.6 Å². The zero-order valence-corrected chi connectivity index (χ0v) is 10.9. The normalized spacial score (nSPS) is 9.85. The van der Waals surface area contributed by atoms with Gasteiger partial charge < -0.3 is 15.2 Å². The van der Waals surface area contributed by atoms with E-state index in [2.05, 4.69) is 10.4 Å². The van der Waals surface area contributed by atoms with E-state index in [4.69, 9.17) is 10.00 Å². The third-order valence-electron chi connectivity index (χ3n) is 2.62. The lowest BCUT2D eigenvalue weighted by molar-refractivity contribution is 0.102. The molecule has 20 heavy (non-hydrogen) atoms. The highest BCUT2D eigenvalue weighted by Gasteiger charge is 2.14. The number of rotatable bonds is 3. The van der Waals surface area contributed by atoms with E-state index in [0.717, 1.165) is 0 Å². The predicted octanol–water partition coefficient (Wildman–Crippen LogP) is 1.26. The largest absolute Gasteiger partial charge is 0.504 e. The van der Waals surface area contributed by atoms with Crippen molar-refractivity contribution in [1.82, 2.24) is 9.78 Å². The second kappa shape index (κ2) is 5.32. The van der Waals surface area contributed by atoms with Gasteiger partial charge in [-0.05, 0) is 18.2 Å². The Balaban J connectivity index is 2.24. The lowest BCUT2D eigenvalue weighted by Gasteiger charge is -2.06. The van der Waals surface area contributed by atoms with Gasteiger partial charge in [-0.15, -0.1) is 0 Å². The number of nitrogens with zero attached hydrogens (tertiary/aromatic N) is 3. The summed E-state index contributed by atoms with van der Waals surface area (Å²) in [6.07, 6.45) is 1.50. The van der Waals surface area contributed by atoms with Crippen LogP contribution in [0.25, 0.3) is 0 Å². The van der Waals surface area contributed by atoms with Gasteiger partial charge in [0.1, 0.15) is 11.6 Å². The van der Waals surface area contributed by atoms with Crippen LogP contribution in [0.2, 0.25) is 0 Å². The predicted molar refractivity (Wildman–Crippen MR) is 70.5 cm³/mol. The van der Waals surface area contributed by atoms with Crippen LogP contribution in [0.4, 0.5) is 5.82 Å². The molecule has 0 bridgehead atoms. The molecule has 0 saturated carbocycles. The Morgan fingerprint density at radius 2 is 2.30 bits per heavy atom. The summed E-state index contributed by atoms with van der Waals surface area (Å²) in [7, 11) is 3.07. The van der Waals surface area contributed by atoms with Gasteiger partial charge in [0.25, 0.3) is 5.91 Å². The molecule has 1 aromatic carbocycles. The van der Waals surface area contributed by atoms with Gasteiger partial charge in [-0.25, -0.2) is 0 Å². The van der Waals surface area contributed by atoms with Crippen molar-refractivity contribution in [2.75, 3.05) is 12.4 Å². The maximum absolute atomic E-state index is 12.0. The molecular formula is C13H12N4O3. The molecule has 2 N–H and O–H groups in total. The number of nitriles is 1. The highest BCUT2D eigenvalue weighted by molar-refractivity contribution is 6.04. The molecule has 0 aliphatic heterocycles. The maximum atomic E-state index is 12.0. The first-order valence-corrected chi connectivity index (χ1v) is 5.67. The minimum absolute atomic E-state index is 0.137. The topological polar surface area (TPSA) is 100 Å². The molecule has 2 aromatic rings. The van der Waals surface area contributed by atoms with Crippen LogP contribution in [0.1, 0.15) is 15.9 Å². The summed E-state index contributed by atoms with van der Waals surface area (Å²) in [4.78, 5) is 12.0. The summed E-state index contributed by atoms with van der Waals surface area (Å²) in [6, 6.07) is 6.20. The van der Waals surface area contributed by atoms with Gasteiger partial charge in [0.05, 0.1) is 7.11 Å². The van der Waals surface area contributed by atoms with E-state index in [9.17, 15) is 9.90 Å². The number of hydrogen-bond donors (Lipinski definition) is 2. The second-order valence-corrected chi connectivity index (χ2v) is 4.02. The third-order valence-corrected chi connectivity index (χ3v) is 2.62. The SMILES string of the molecule is COc1ccc(C(=O)Nc2nn(C)cc2C#N)cc1O. The van der Waals surface area contributed by atoms with Crippen molar-refractivity contribution >= 4 is 11.7 Å². The zero-order chi connectivity index (χ0) is 14.7. The molecule has 0 unspecified atom stereocenters. The van der Waals surface area contributed by atoms with Gasteiger partial charge in [0.15, 0.2) is 17.3 Å². The van der Waals surface area contributed by atoms with Crippen molar-refractivity contribution in [3.05, 3.63) is 35.5 Å². The van der Waals surface area contributed by atoms with Gasteiger partial charge in [-0.1, -0.05) is 0 Å². The molecule has 0 atom stereocenters. The van der Waals surface area contributed by atoms with Crippen LogP contribution in [0.3, 0.4) is 0 Å². The maximum Gasteiger partial charge on any atom is 0.257 e. The number of phenols is 1. The number of methoxy groups -OCH3 is 1. The van der Waals surface area contributed by atoms with E-state index < -0.39 is 5.91 Å². The van der Waals surface area contributed by atoms with Crippen LogP contribution in [0.5, 0.6) is 11.5 Å². The van der Waals surface area contributed by atoms with Crippen LogP contribution in [0.15, 0.2) is 24.4 Å². The number of hydrogen-bond acceptors (Lipinski definition) is 5. The molecule has 102 valence electrons. The standard InChI is InChI=1S/C13H12N4O3/c1-17-7-9(6-14)12(16-17)15-13(19)8-3-4-11(20-2)10(18)5-8/h3-5,7,18H,1-2H3,(H,15,16,19). The molecule has 2 rings (SSSR count). The van der Waals surface area contributed by atoms with Gasteiger partial charge in [-0.3, -0.25) is 9.48 Å². The van der Waals surface area contributed by atoms with Crippen molar-refractivity contribution in [3.8, 4) is 17.6 Å². The van der Waals surface area contributed by atoms with Crippen molar-refractivity contribution in [2.24, 2.45) is 7.05 Å². The molecule has 0 radical (unpaired) electrons. The smallest absolute Gasteiger partial charge is 0.257 e. The van der Waals surface area contributed by atoms with E-state index in [1.54, 1.807) is 7.05 Å². The summed E-state index contributed by atoms with van der Waals surface area (Å²) in [5.74, 6) is -0.160. The first-order chi connectivity index (χ1) is 9.55. The van der Waals surface area contributed by atoms with Crippen molar-refractivity contribution in [2.45, 2.75) is 0 Å². The molecule has 1 amide bonds. The number of phenolic OH excluding ortho intramolecular Hbond substituents is 1. The first-order valence-electron chi connectivity index (χ1n) is 5.67. The molecule has 7 heteroatoms. The van der Waals surface area contributed by atoms with Crippen LogP contribution in [-0.4, -0.2) is 27.9 Å². The number of carbonyl (C=O) groups excluding carboxylic acids is 1. The Morgan fingerprint density at radius 1 is 1.55 bits per heavy atom. The first kappa shape index (κ1) is 13.4. The number of amides is 1. The van der Waals surface area contributed by atoms with Crippen molar-refractivity contribution in [3.63, 3.8) is 0 Å². The quantitative estimate of drug-likeness (QED) is 0.876. The number of anilines is 1. The van der Waals surface area contributed by atoms with Gasteiger partial charge in [-0.2, -0.15) is 10.4 Å². The Morgan fingerprint density at radius 3 is 2.90 bits per heavy atom. The average molecular weight is 272 g/mol. The van der Waals surface area contributed by atoms with Crippen LogP contribution >= 0.6 is 0 Å². The van der Waals surface area contributed by atoms with E-state index in [0.29, 0.717) is 0 Å². The van der Waals surface area contributed by atoms with Crippen molar-refractivity contribution in [1.29, 1.82) is 5.26 Å². The zero-order valence-electron chi connectivity index (χ0n) is 10.9. The summed E-state index contributed by atoms with van der Waals surface area (Å²) in [6.45, 7) is 0. The van der Waals surface area contributed by atoms with E-state index in [-0.39, 0.29) is 28.4 Å². The lowest BCUT2D eigenvalue weighted by Crippen LogP contribution is -2.13. The van der Waals surface area contributed by atoms with Crippen LogP contribution in [0, 0.1) is 11.3 Å². The molecular weight excluding hydrogens is 260 g/mol. The fourth-order valence-electron chi connectivity index (χ4n) is 1.67. The summed E-state index contributed by atoms with van der Waals surface area (Å²) >= 11 is 0. The summed E-state index contributed by atoms with van der Waals surface area (Å²) in [5.41, 5.74) is 0.497. The third kappa shape index (κ3) is 2.54. The minimum atomic E-state index is -0.474. The van der Waals surface area contributed by atoms with Crippen LogP contribution in [-0.2, 0) is 7.05 Å². The Kier molecular flexibility index (Phi) is 3.57. The minimum Gasteiger partial charge on any atom is -0.504 e. The molecule has 0 fully saturated rings. The van der Waals surface area contributed by atoms with E-state index >= 15 is 0 Å². The molecule has 0 spiro atoms. The molecule has 0 aliphatic carbocycles. The van der Waals surface area contributed by atoms with Gasteiger partial charge in [0.2, 0.25) is 0 Å². The number of nitrogens with one attached hydrogen (secondary N) is 1.